The Morgan fingerprint density at radius 2 is 2.05 bits per heavy atom. The van der Waals surface area contributed by atoms with Crippen LogP contribution in [0.3, 0.4) is 0 Å². The molecule has 1 rings (SSSR count). The number of benzene rings is 1. The quantitative estimate of drug-likeness (QED) is 0.557. The lowest BCUT2D eigenvalue weighted by atomic mass is 10.4. The summed E-state index contributed by atoms with van der Waals surface area (Å²) in [4.78, 5) is 23.0. The third-order valence-electron chi connectivity index (χ3n) is 2.25. The molecule has 0 spiro atoms. The summed E-state index contributed by atoms with van der Waals surface area (Å²) in [5.41, 5.74) is 0. The number of carboxylic acid groups (broad SMARTS) is 1. The van der Waals surface area contributed by atoms with Gasteiger partial charge >= 0.3 is 5.97 Å². The van der Waals surface area contributed by atoms with E-state index in [0.717, 1.165) is 10.6 Å². The molecule has 1 amide bonds. The van der Waals surface area contributed by atoms with Crippen molar-refractivity contribution in [1.82, 2.24) is 5.32 Å². The van der Waals surface area contributed by atoms with E-state index in [2.05, 4.69) is 5.32 Å². The maximum absolute atomic E-state index is 11.3. The summed E-state index contributed by atoms with van der Waals surface area (Å²) in [6, 6.07) is 9.88. The van der Waals surface area contributed by atoms with E-state index in [0.29, 0.717) is 6.54 Å². The Kier molecular flexibility index (Phi) is 6.99. The number of hydrogen-bond acceptors (Lipinski definition) is 4. The normalized spacial score (nSPS) is 11.8. The van der Waals surface area contributed by atoms with Gasteiger partial charge in [-0.15, -0.1) is 11.8 Å². The van der Waals surface area contributed by atoms with Crippen molar-refractivity contribution in [3.8, 4) is 0 Å². The van der Waals surface area contributed by atoms with Crippen LogP contribution in [0.2, 0.25) is 0 Å². The zero-order valence-electron chi connectivity index (χ0n) is 10.7. The second-order valence-corrected chi connectivity index (χ2v) is 4.97. The van der Waals surface area contributed by atoms with Crippen LogP contribution < -0.4 is 5.32 Å². The van der Waals surface area contributed by atoms with Crippen LogP contribution in [-0.4, -0.2) is 42.0 Å². The zero-order chi connectivity index (χ0) is 14.1. The van der Waals surface area contributed by atoms with Crippen molar-refractivity contribution in [3.05, 3.63) is 30.3 Å². The van der Waals surface area contributed by atoms with E-state index in [-0.39, 0.29) is 12.5 Å². The lowest BCUT2D eigenvalue weighted by molar-refractivity contribution is -0.150. The number of thioether (sulfide) groups is 1. The van der Waals surface area contributed by atoms with Crippen LogP contribution in [0.5, 0.6) is 0 Å². The zero-order valence-corrected chi connectivity index (χ0v) is 11.5. The van der Waals surface area contributed by atoms with Crippen LogP contribution in [0, 0.1) is 0 Å². The van der Waals surface area contributed by atoms with Gasteiger partial charge in [0.25, 0.3) is 0 Å². The first-order valence-corrected chi connectivity index (χ1v) is 6.87. The van der Waals surface area contributed by atoms with Crippen molar-refractivity contribution in [1.29, 1.82) is 0 Å². The van der Waals surface area contributed by atoms with Crippen LogP contribution >= 0.6 is 11.8 Å². The maximum atomic E-state index is 11.3. The van der Waals surface area contributed by atoms with E-state index in [1.54, 1.807) is 11.8 Å². The molecule has 0 aliphatic heterocycles. The van der Waals surface area contributed by atoms with Gasteiger partial charge in [-0.2, -0.15) is 0 Å². The number of amides is 1. The molecule has 104 valence electrons. The van der Waals surface area contributed by atoms with E-state index in [4.69, 9.17) is 9.84 Å². The summed E-state index contributed by atoms with van der Waals surface area (Å²) in [6.45, 7) is 1.67. The van der Waals surface area contributed by atoms with Crippen LogP contribution in [0.15, 0.2) is 35.2 Å². The number of ether oxygens (including phenoxy) is 1. The fourth-order valence-corrected chi connectivity index (χ4v) is 1.99. The molecule has 0 aliphatic carbocycles. The fourth-order valence-electron chi connectivity index (χ4n) is 1.20. The molecule has 0 saturated heterocycles. The van der Waals surface area contributed by atoms with Crippen molar-refractivity contribution in [2.45, 2.75) is 17.9 Å². The highest BCUT2D eigenvalue weighted by Crippen LogP contribution is 2.15. The van der Waals surface area contributed by atoms with Crippen LogP contribution in [0.1, 0.15) is 6.92 Å². The molecule has 0 fully saturated rings. The molecule has 5 nitrogen and oxygen atoms in total. The van der Waals surface area contributed by atoms with Gasteiger partial charge in [-0.25, -0.2) is 4.79 Å². The summed E-state index contributed by atoms with van der Waals surface area (Å²) in [5.74, 6) is -0.626. The van der Waals surface area contributed by atoms with E-state index < -0.39 is 12.1 Å². The smallest absolute Gasteiger partial charge is 0.332 e. The van der Waals surface area contributed by atoms with Crippen molar-refractivity contribution in [2.75, 3.05) is 18.9 Å². The van der Waals surface area contributed by atoms with Crippen molar-refractivity contribution < 1.29 is 19.4 Å². The van der Waals surface area contributed by atoms with Gasteiger partial charge in [0.05, 0.1) is 0 Å². The number of nitrogens with one attached hydrogen (secondary N) is 1. The Morgan fingerprint density at radius 3 is 2.68 bits per heavy atom. The highest BCUT2D eigenvalue weighted by molar-refractivity contribution is 7.99. The molecule has 1 aromatic carbocycles. The summed E-state index contributed by atoms with van der Waals surface area (Å²) in [6.07, 6.45) is -0.968. The van der Waals surface area contributed by atoms with Crippen LogP contribution in [-0.2, 0) is 14.3 Å². The van der Waals surface area contributed by atoms with Gasteiger partial charge in [0.15, 0.2) is 6.10 Å². The Hall–Kier alpha value is -1.53. The maximum Gasteiger partial charge on any atom is 0.332 e. The highest BCUT2D eigenvalue weighted by atomic mass is 32.2. The molecule has 1 aromatic rings. The summed E-state index contributed by atoms with van der Waals surface area (Å²) < 4.78 is 4.86. The Morgan fingerprint density at radius 1 is 1.37 bits per heavy atom. The monoisotopic (exact) mass is 283 g/mol. The first kappa shape index (κ1) is 15.5. The minimum absolute atomic E-state index is 0.233. The second kappa shape index (κ2) is 8.55. The van der Waals surface area contributed by atoms with Gasteiger partial charge < -0.3 is 15.2 Å². The van der Waals surface area contributed by atoms with Gasteiger partial charge in [-0.1, -0.05) is 18.2 Å². The summed E-state index contributed by atoms with van der Waals surface area (Å²) in [5, 5.41) is 11.2. The number of carbonyl (C=O) groups excluding carboxylic acids is 1. The average Bonchev–Trinajstić information content (AvgIpc) is 2.42. The molecule has 2 N–H and O–H groups in total. The summed E-state index contributed by atoms with van der Waals surface area (Å²) >= 11 is 1.64. The van der Waals surface area contributed by atoms with Crippen LogP contribution in [0.25, 0.3) is 0 Å². The lowest BCUT2D eigenvalue weighted by Crippen LogP contribution is -2.32. The molecule has 19 heavy (non-hydrogen) atoms. The molecular weight excluding hydrogens is 266 g/mol. The van der Waals surface area contributed by atoms with Gasteiger partial charge in [0.2, 0.25) is 5.91 Å². The number of carbonyl (C=O) groups is 2. The third kappa shape index (κ3) is 6.83. The van der Waals surface area contributed by atoms with E-state index in [9.17, 15) is 9.59 Å². The molecule has 0 unspecified atom stereocenters. The predicted molar refractivity (Wildman–Crippen MR) is 73.2 cm³/mol. The standard InChI is InChI=1S/C13H17NO4S/c1-10(13(16)17)18-9-12(15)14-7-8-19-11-5-3-2-4-6-11/h2-6,10H,7-9H2,1H3,(H,14,15)(H,16,17)/t10-/m1/s1. The molecule has 1 atom stereocenters. The topological polar surface area (TPSA) is 75.6 Å². The Bertz CT molecular complexity index is 410. The molecule has 0 heterocycles. The number of hydrogen-bond donors (Lipinski definition) is 2. The van der Waals surface area contributed by atoms with Crippen molar-refractivity contribution >= 4 is 23.6 Å². The molecule has 0 aliphatic rings. The molecule has 0 radical (unpaired) electrons. The molecule has 0 saturated carbocycles. The molecule has 0 bridgehead atoms. The first-order valence-electron chi connectivity index (χ1n) is 5.88. The van der Waals surface area contributed by atoms with E-state index in [1.807, 2.05) is 30.3 Å². The first-order chi connectivity index (χ1) is 9.09. The third-order valence-corrected chi connectivity index (χ3v) is 3.26. The van der Waals surface area contributed by atoms with Crippen molar-refractivity contribution in [2.24, 2.45) is 0 Å². The van der Waals surface area contributed by atoms with Gasteiger partial charge in [-0.05, 0) is 19.1 Å². The number of carboxylic acids is 1. The lowest BCUT2D eigenvalue weighted by Gasteiger charge is -2.08. The molecule has 0 aromatic heterocycles. The molecular formula is C13H17NO4S. The number of aliphatic carboxylic acids is 1. The largest absolute Gasteiger partial charge is 0.479 e. The Balaban J connectivity index is 2.09. The average molecular weight is 283 g/mol. The SMILES string of the molecule is C[C@@H](OCC(=O)NCCSc1ccccc1)C(=O)O. The predicted octanol–water partition coefficient (Wildman–Crippen LogP) is 1.38. The number of rotatable bonds is 8. The van der Waals surface area contributed by atoms with Crippen molar-refractivity contribution in [3.63, 3.8) is 0 Å². The van der Waals surface area contributed by atoms with Crippen LogP contribution in [0.4, 0.5) is 0 Å². The molecule has 6 heteroatoms. The minimum atomic E-state index is -1.08. The fraction of sp³-hybridized carbons (Fsp3) is 0.385. The Labute approximate surface area is 116 Å². The van der Waals surface area contributed by atoms with E-state index >= 15 is 0 Å². The second-order valence-electron chi connectivity index (χ2n) is 3.80. The highest BCUT2D eigenvalue weighted by Gasteiger charge is 2.12. The van der Waals surface area contributed by atoms with Gasteiger partial charge in [-0.3, -0.25) is 4.79 Å². The minimum Gasteiger partial charge on any atom is -0.479 e. The van der Waals surface area contributed by atoms with Gasteiger partial charge in [0, 0.05) is 17.2 Å². The van der Waals surface area contributed by atoms with Gasteiger partial charge in [0.1, 0.15) is 6.61 Å². The van der Waals surface area contributed by atoms with E-state index in [1.165, 1.54) is 6.92 Å². The summed E-state index contributed by atoms with van der Waals surface area (Å²) in [7, 11) is 0.